The van der Waals surface area contributed by atoms with Crippen LogP contribution in [-0.2, 0) is 20.6 Å². The normalized spacial score (nSPS) is 17.2. The highest BCUT2D eigenvalue weighted by Crippen LogP contribution is 2.26. The van der Waals surface area contributed by atoms with Crippen molar-refractivity contribution in [3.05, 3.63) is 62.6 Å². The van der Waals surface area contributed by atoms with Gasteiger partial charge in [-0.15, -0.1) is 0 Å². The molecule has 2 aromatic rings. The van der Waals surface area contributed by atoms with E-state index in [2.05, 4.69) is 5.32 Å². The first-order chi connectivity index (χ1) is 15.2. The van der Waals surface area contributed by atoms with Gasteiger partial charge in [-0.05, 0) is 55.2 Å². The van der Waals surface area contributed by atoms with Gasteiger partial charge in [-0.2, -0.15) is 0 Å². The lowest BCUT2D eigenvalue weighted by atomic mass is 9.99. The molecule has 1 aliphatic heterocycles. The molecule has 1 amide bonds. The highest BCUT2D eigenvalue weighted by atomic mass is 35.5. The second-order valence-electron chi connectivity index (χ2n) is 7.74. The number of amides is 1. The fraction of sp³-hybridized carbons (Fsp3) is 0.409. The molecule has 174 valence electrons. The zero-order chi connectivity index (χ0) is 23.3. The molecule has 1 heterocycles. The highest BCUT2D eigenvalue weighted by molar-refractivity contribution is 7.88. The first-order valence-electron chi connectivity index (χ1n) is 10.2. The van der Waals surface area contributed by atoms with Crippen molar-refractivity contribution in [2.45, 2.75) is 25.5 Å². The van der Waals surface area contributed by atoms with E-state index in [1.54, 1.807) is 18.2 Å². The Morgan fingerprint density at radius 3 is 2.66 bits per heavy atom. The SMILES string of the molecule is Cc1ccc(OCCNC(=O)C2CCCN(S(=O)(=O)Cc3ccc(Cl)cc3Cl)C2)cc1Cl. The van der Waals surface area contributed by atoms with Crippen LogP contribution >= 0.6 is 34.8 Å². The summed E-state index contributed by atoms with van der Waals surface area (Å²) in [6.45, 7) is 3.04. The van der Waals surface area contributed by atoms with Crippen LogP contribution in [0.4, 0.5) is 0 Å². The Labute approximate surface area is 203 Å². The Morgan fingerprint density at radius 2 is 1.94 bits per heavy atom. The Hall–Kier alpha value is -1.51. The Balaban J connectivity index is 1.50. The van der Waals surface area contributed by atoms with Crippen LogP contribution < -0.4 is 10.1 Å². The molecule has 0 aromatic heterocycles. The predicted molar refractivity (Wildman–Crippen MR) is 128 cm³/mol. The third kappa shape index (κ3) is 6.75. The molecule has 1 N–H and O–H groups in total. The zero-order valence-electron chi connectivity index (χ0n) is 17.6. The molecule has 1 fully saturated rings. The van der Waals surface area contributed by atoms with Crippen molar-refractivity contribution in [2.24, 2.45) is 5.92 Å². The quantitative estimate of drug-likeness (QED) is 0.513. The second kappa shape index (κ2) is 11.1. The van der Waals surface area contributed by atoms with Gasteiger partial charge in [0.1, 0.15) is 12.4 Å². The second-order valence-corrected chi connectivity index (χ2v) is 11.0. The first-order valence-corrected chi connectivity index (χ1v) is 13.0. The smallest absolute Gasteiger partial charge is 0.224 e. The number of carbonyl (C=O) groups is 1. The van der Waals surface area contributed by atoms with Crippen molar-refractivity contribution in [3.8, 4) is 5.75 Å². The topological polar surface area (TPSA) is 75.7 Å². The standard InChI is InChI=1S/C22H25Cl3N2O4S/c1-15-4-7-19(12-20(15)24)31-10-8-26-22(28)16-3-2-9-27(13-16)32(29,30)14-17-5-6-18(23)11-21(17)25/h4-7,11-12,16H,2-3,8-10,13-14H2,1H3,(H,26,28). The van der Waals surface area contributed by atoms with Gasteiger partial charge in [-0.1, -0.05) is 46.9 Å². The number of benzene rings is 2. The summed E-state index contributed by atoms with van der Waals surface area (Å²) in [6.07, 6.45) is 1.25. The van der Waals surface area contributed by atoms with Crippen LogP contribution in [0.2, 0.25) is 15.1 Å². The lowest BCUT2D eigenvalue weighted by Crippen LogP contribution is -2.46. The number of halogens is 3. The number of aryl methyl sites for hydroxylation is 1. The molecule has 32 heavy (non-hydrogen) atoms. The maximum atomic E-state index is 12.9. The van der Waals surface area contributed by atoms with E-state index >= 15 is 0 Å². The number of nitrogens with zero attached hydrogens (tertiary/aromatic N) is 1. The van der Waals surface area contributed by atoms with Crippen molar-refractivity contribution in [1.29, 1.82) is 0 Å². The summed E-state index contributed by atoms with van der Waals surface area (Å²) in [4.78, 5) is 12.6. The lowest BCUT2D eigenvalue weighted by molar-refractivity contribution is -0.126. The van der Waals surface area contributed by atoms with Crippen LogP contribution in [0.3, 0.4) is 0 Å². The molecule has 1 atom stereocenters. The monoisotopic (exact) mass is 518 g/mol. The molecule has 0 radical (unpaired) electrons. The van der Waals surface area contributed by atoms with E-state index in [1.807, 2.05) is 19.1 Å². The molecule has 10 heteroatoms. The Bertz CT molecular complexity index is 1080. The minimum atomic E-state index is -3.62. The van der Waals surface area contributed by atoms with E-state index in [0.717, 1.165) is 5.56 Å². The number of ether oxygens (including phenoxy) is 1. The maximum Gasteiger partial charge on any atom is 0.224 e. The molecule has 3 rings (SSSR count). The summed E-state index contributed by atoms with van der Waals surface area (Å²) < 4.78 is 32.8. The van der Waals surface area contributed by atoms with Crippen LogP contribution in [0.1, 0.15) is 24.0 Å². The Morgan fingerprint density at radius 1 is 1.16 bits per heavy atom. The number of hydrogen-bond acceptors (Lipinski definition) is 4. The van der Waals surface area contributed by atoms with Crippen molar-refractivity contribution in [2.75, 3.05) is 26.2 Å². The molecule has 0 bridgehead atoms. The van der Waals surface area contributed by atoms with E-state index in [4.69, 9.17) is 39.5 Å². The van der Waals surface area contributed by atoms with Crippen molar-refractivity contribution < 1.29 is 17.9 Å². The minimum absolute atomic E-state index is 0.147. The summed E-state index contributed by atoms with van der Waals surface area (Å²) in [5.41, 5.74) is 1.44. The van der Waals surface area contributed by atoms with Crippen molar-refractivity contribution >= 4 is 50.7 Å². The molecule has 1 unspecified atom stereocenters. The summed E-state index contributed by atoms with van der Waals surface area (Å²) in [7, 11) is -3.62. The molecule has 0 saturated carbocycles. The van der Waals surface area contributed by atoms with E-state index in [9.17, 15) is 13.2 Å². The number of piperidine rings is 1. The van der Waals surface area contributed by atoms with Gasteiger partial charge in [-0.3, -0.25) is 4.79 Å². The van der Waals surface area contributed by atoms with E-state index in [0.29, 0.717) is 52.3 Å². The van der Waals surface area contributed by atoms with Crippen LogP contribution in [0.25, 0.3) is 0 Å². The number of sulfonamides is 1. The third-order valence-corrected chi connectivity index (χ3v) is 8.10. The van der Waals surface area contributed by atoms with Crippen LogP contribution in [-0.4, -0.2) is 44.9 Å². The Kier molecular flexibility index (Phi) is 8.69. The van der Waals surface area contributed by atoms with Crippen LogP contribution in [0, 0.1) is 12.8 Å². The maximum absolute atomic E-state index is 12.9. The highest BCUT2D eigenvalue weighted by Gasteiger charge is 2.32. The number of rotatable bonds is 8. The fourth-order valence-electron chi connectivity index (χ4n) is 3.49. The van der Waals surface area contributed by atoms with Gasteiger partial charge >= 0.3 is 0 Å². The molecular weight excluding hydrogens is 495 g/mol. The average Bonchev–Trinajstić information content (AvgIpc) is 2.75. The molecule has 0 spiro atoms. The summed E-state index contributed by atoms with van der Waals surface area (Å²) in [5, 5.41) is 4.20. The van der Waals surface area contributed by atoms with Gasteiger partial charge in [0, 0.05) is 28.2 Å². The molecule has 0 aliphatic carbocycles. The molecule has 2 aromatic carbocycles. The fourth-order valence-corrected chi connectivity index (χ4v) is 5.85. The predicted octanol–water partition coefficient (Wildman–Crippen LogP) is 4.69. The first kappa shape index (κ1) is 25.1. The number of hydrogen-bond donors (Lipinski definition) is 1. The van der Waals surface area contributed by atoms with Crippen LogP contribution in [0.5, 0.6) is 5.75 Å². The third-order valence-electron chi connectivity index (χ3n) is 5.31. The van der Waals surface area contributed by atoms with Gasteiger partial charge in [0.05, 0.1) is 18.2 Å². The molecule has 1 aliphatic rings. The van der Waals surface area contributed by atoms with Gasteiger partial charge in [-0.25, -0.2) is 12.7 Å². The lowest BCUT2D eigenvalue weighted by Gasteiger charge is -2.31. The minimum Gasteiger partial charge on any atom is -0.492 e. The average molecular weight is 520 g/mol. The summed E-state index contributed by atoms with van der Waals surface area (Å²) >= 11 is 18.1. The summed E-state index contributed by atoms with van der Waals surface area (Å²) in [6, 6.07) is 10.2. The number of carbonyl (C=O) groups excluding carboxylic acids is 1. The van der Waals surface area contributed by atoms with E-state index in [1.165, 1.54) is 10.4 Å². The van der Waals surface area contributed by atoms with Gasteiger partial charge in [0.15, 0.2) is 0 Å². The molecular formula is C22H25Cl3N2O4S. The van der Waals surface area contributed by atoms with E-state index in [-0.39, 0.29) is 24.8 Å². The molecule has 1 saturated heterocycles. The number of nitrogens with one attached hydrogen (secondary N) is 1. The molecule has 6 nitrogen and oxygen atoms in total. The van der Waals surface area contributed by atoms with Crippen LogP contribution in [0.15, 0.2) is 36.4 Å². The zero-order valence-corrected chi connectivity index (χ0v) is 20.7. The van der Waals surface area contributed by atoms with Gasteiger partial charge < -0.3 is 10.1 Å². The largest absolute Gasteiger partial charge is 0.492 e. The van der Waals surface area contributed by atoms with Crippen molar-refractivity contribution in [3.63, 3.8) is 0 Å². The van der Waals surface area contributed by atoms with Gasteiger partial charge in [0.2, 0.25) is 15.9 Å². The van der Waals surface area contributed by atoms with E-state index < -0.39 is 15.9 Å². The summed E-state index contributed by atoms with van der Waals surface area (Å²) in [5.74, 6) is -0.191. The van der Waals surface area contributed by atoms with Gasteiger partial charge in [0.25, 0.3) is 0 Å². The van der Waals surface area contributed by atoms with Crippen molar-refractivity contribution in [1.82, 2.24) is 9.62 Å².